The number of aryl methyl sites for hydroxylation is 1. The number of benzene rings is 1. The average molecular weight is 241 g/mol. The van der Waals surface area contributed by atoms with Gasteiger partial charge in [-0.25, -0.2) is 0 Å². The molecule has 1 radical (unpaired) electrons. The van der Waals surface area contributed by atoms with Gasteiger partial charge in [0.15, 0.2) is 0 Å². The first kappa shape index (κ1) is 14.8. The van der Waals surface area contributed by atoms with Gasteiger partial charge >= 0.3 is 0 Å². The molecule has 0 fully saturated rings. The summed E-state index contributed by atoms with van der Waals surface area (Å²) in [5, 5.41) is 0. The van der Waals surface area contributed by atoms with Crippen molar-refractivity contribution in [3.63, 3.8) is 0 Å². The van der Waals surface area contributed by atoms with Gasteiger partial charge in [-0.1, -0.05) is 69.7 Å². The van der Waals surface area contributed by atoms with Gasteiger partial charge in [0.1, 0.15) is 0 Å². The van der Waals surface area contributed by atoms with Crippen molar-refractivity contribution in [3.05, 3.63) is 41.8 Å². The summed E-state index contributed by atoms with van der Waals surface area (Å²) in [5.74, 6) is 2.86. The van der Waals surface area contributed by atoms with E-state index in [2.05, 4.69) is 44.0 Å². The van der Waals surface area contributed by atoms with Crippen molar-refractivity contribution in [2.75, 3.05) is 0 Å². The lowest BCUT2D eigenvalue weighted by atomic mass is 9.93. The van der Waals surface area contributed by atoms with Crippen LogP contribution in [-0.4, -0.2) is 0 Å². The average Bonchev–Trinajstić information content (AvgIpc) is 2.41. The van der Waals surface area contributed by atoms with Gasteiger partial charge in [0.25, 0.3) is 0 Å². The molecule has 0 nitrogen and oxygen atoms in total. The fraction of sp³-hybridized carbons (Fsp3) is 0.556. The minimum atomic E-state index is 0.189. The van der Waals surface area contributed by atoms with Gasteiger partial charge in [-0.2, -0.15) is 0 Å². The standard InChI is InChI=1S/C18H25/c1-4-7-9-10-16-12-14-18(15-13-16)17(6-3)11-8-5-2/h12-15,17H,4-5,7-11H2,1-2H3. The Morgan fingerprint density at radius 1 is 1.00 bits per heavy atom. The summed E-state index contributed by atoms with van der Waals surface area (Å²) in [6.45, 7) is 4.43. The van der Waals surface area contributed by atoms with Crippen LogP contribution in [0.2, 0.25) is 0 Å². The quantitative estimate of drug-likeness (QED) is 0.429. The van der Waals surface area contributed by atoms with E-state index < -0.39 is 0 Å². The molecule has 1 aromatic carbocycles. The monoisotopic (exact) mass is 241 g/mol. The molecule has 0 aliphatic heterocycles. The lowest BCUT2D eigenvalue weighted by molar-refractivity contribution is 0.674. The van der Waals surface area contributed by atoms with E-state index in [4.69, 9.17) is 6.42 Å². The van der Waals surface area contributed by atoms with Crippen molar-refractivity contribution >= 4 is 0 Å². The fourth-order valence-electron chi connectivity index (χ4n) is 2.23. The van der Waals surface area contributed by atoms with E-state index >= 15 is 0 Å². The third-order valence-electron chi connectivity index (χ3n) is 3.47. The summed E-state index contributed by atoms with van der Waals surface area (Å²) in [7, 11) is 0. The molecule has 0 heteroatoms. The largest absolute Gasteiger partial charge is 0.0809 e. The third kappa shape index (κ3) is 4.96. The first-order chi connectivity index (χ1) is 8.81. The molecular weight excluding hydrogens is 216 g/mol. The van der Waals surface area contributed by atoms with Gasteiger partial charge < -0.3 is 0 Å². The SMILES string of the molecule is [C]#CC(CCCC)c1ccc(CCCCC)cc1. The predicted molar refractivity (Wildman–Crippen MR) is 79.1 cm³/mol. The normalized spacial score (nSPS) is 12.1. The molecule has 0 saturated heterocycles. The number of unbranched alkanes of at least 4 members (excludes halogenated alkanes) is 3. The summed E-state index contributed by atoms with van der Waals surface area (Å²) in [6.07, 6.45) is 15.9. The molecule has 1 atom stereocenters. The molecule has 1 aromatic rings. The van der Waals surface area contributed by atoms with Crippen molar-refractivity contribution in [1.82, 2.24) is 0 Å². The van der Waals surface area contributed by atoms with E-state index in [1.54, 1.807) is 0 Å². The molecule has 1 unspecified atom stereocenters. The first-order valence-corrected chi connectivity index (χ1v) is 7.32. The Balaban J connectivity index is 2.55. The van der Waals surface area contributed by atoms with E-state index in [0.29, 0.717) is 0 Å². The van der Waals surface area contributed by atoms with Gasteiger partial charge in [-0.3, -0.25) is 0 Å². The molecule has 97 valence electrons. The second-order valence-electron chi connectivity index (χ2n) is 5.04. The molecule has 0 aliphatic carbocycles. The summed E-state index contributed by atoms with van der Waals surface area (Å²) >= 11 is 0. The van der Waals surface area contributed by atoms with E-state index in [0.717, 1.165) is 6.42 Å². The summed E-state index contributed by atoms with van der Waals surface area (Å²) in [5.41, 5.74) is 2.67. The zero-order valence-corrected chi connectivity index (χ0v) is 11.8. The summed E-state index contributed by atoms with van der Waals surface area (Å²) < 4.78 is 0. The topological polar surface area (TPSA) is 0 Å². The molecule has 0 amide bonds. The highest BCUT2D eigenvalue weighted by molar-refractivity contribution is 5.29. The van der Waals surface area contributed by atoms with Crippen LogP contribution in [0.15, 0.2) is 24.3 Å². The van der Waals surface area contributed by atoms with E-state index in [1.807, 2.05) is 0 Å². The summed E-state index contributed by atoms with van der Waals surface area (Å²) in [6, 6.07) is 8.81. The molecule has 0 heterocycles. The zero-order valence-electron chi connectivity index (χ0n) is 11.8. The molecule has 18 heavy (non-hydrogen) atoms. The van der Waals surface area contributed by atoms with Gasteiger partial charge in [0.2, 0.25) is 0 Å². The smallest absolute Gasteiger partial charge is 0.0462 e. The van der Waals surface area contributed by atoms with Crippen LogP contribution in [0.3, 0.4) is 0 Å². The van der Waals surface area contributed by atoms with Crippen LogP contribution in [0.25, 0.3) is 0 Å². The Hall–Kier alpha value is -1.22. The number of hydrogen-bond donors (Lipinski definition) is 0. The van der Waals surface area contributed by atoms with Gasteiger partial charge in [0, 0.05) is 5.92 Å². The third-order valence-corrected chi connectivity index (χ3v) is 3.47. The van der Waals surface area contributed by atoms with Crippen molar-refractivity contribution in [3.8, 4) is 5.92 Å². The Morgan fingerprint density at radius 3 is 2.22 bits per heavy atom. The molecule has 0 aliphatic rings. The van der Waals surface area contributed by atoms with Crippen LogP contribution >= 0.6 is 0 Å². The molecule has 0 aromatic heterocycles. The van der Waals surface area contributed by atoms with Crippen LogP contribution in [-0.2, 0) is 6.42 Å². The van der Waals surface area contributed by atoms with Gasteiger partial charge in [-0.15, -0.1) is 0 Å². The summed E-state index contributed by atoms with van der Waals surface area (Å²) in [4.78, 5) is 0. The molecule has 0 N–H and O–H groups in total. The highest BCUT2D eigenvalue weighted by Crippen LogP contribution is 2.22. The van der Waals surface area contributed by atoms with Crippen molar-refractivity contribution in [1.29, 1.82) is 0 Å². The molecule has 0 spiro atoms. The minimum absolute atomic E-state index is 0.189. The number of hydrogen-bond acceptors (Lipinski definition) is 0. The zero-order chi connectivity index (χ0) is 13.2. The van der Waals surface area contributed by atoms with Crippen molar-refractivity contribution in [2.45, 2.75) is 64.7 Å². The first-order valence-electron chi connectivity index (χ1n) is 7.32. The fourth-order valence-corrected chi connectivity index (χ4v) is 2.23. The number of rotatable bonds is 8. The Kier molecular flexibility index (Phi) is 7.26. The maximum Gasteiger partial charge on any atom is 0.0462 e. The Labute approximate surface area is 113 Å². The van der Waals surface area contributed by atoms with E-state index in [9.17, 15) is 0 Å². The predicted octanol–water partition coefficient (Wildman–Crippen LogP) is 5.28. The van der Waals surface area contributed by atoms with Gasteiger partial charge in [0.05, 0.1) is 0 Å². The van der Waals surface area contributed by atoms with Crippen LogP contribution in [0.4, 0.5) is 0 Å². The molecule has 0 bridgehead atoms. The van der Waals surface area contributed by atoms with Crippen LogP contribution in [0.1, 0.15) is 69.4 Å². The maximum absolute atomic E-state index is 7.42. The lowest BCUT2D eigenvalue weighted by Gasteiger charge is -2.11. The highest BCUT2D eigenvalue weighted by atomic mass is 14.1. The van der Waals surface area contributed by atoms with Crippen LogP contribution < -0.4 is 0 Å². The second kappa shape index (κ2) is 8.81. The lowest BCUT2D eigenvalue weighted by Crippen LogP contribution is -1.96. The Morgan fingerprint density at radius 2 is 1.67 bits per heavy atom. The van der Waals surface area contributed by atoms with Crippen molar-refractivity contribution < 1.29 is 0 Å². The molecular formula is C18H25. The maximum atomic E-state index is 7.42. The highest BCUT2D eigenvalue weighted by Gasteiger charge is 2.07. The van der Waals surface area contributed by atoms with Crippen molar-refractivity contribution in [2.24, 2.45) is 0 Å². The van der Waals surface area contributed by atoms with E-state index in [1.165, 1.54) is 49.7 Å². The Bertz CT molecular complexity index is 353. The van der Waals surface area contributed by atoms with E-state index in [-0.39, 0.29) is 5.92 Å². The minimum Gasteiger partial charge on any atom is -0.0809 e. The molecule has 0 saturated carbocycles. The molecule has 1 rings (SSSR count). The van der Waals surface area contributed by atoms with Gasteiger partial charge in [-0.05, 0) is 36.8 Å². The second-order valence-corrected chi connectivity index (χ2v) is 5.04. The van der Waals surface area contributed by atoms with Crippen LogP contribution in [0, 0.1) is 12.3 Å². The van der Waals surface area contributed by atoms with Crippen LogP contribution in [0.5, 0.6) is 0 Å².